The second-order valence-corrected chi connectivity index (χ2v) is 4.46. The fourth-order valence-electron chi connectivity index (χ4n) is 2.03. The molecule has 118 valence electrons. The Hall–Kier alpha value is -3.10. The molecule has 0 radical (unpaired) electrons. The first-order chi connectivity index (χ1) is 10.9. The Morgan fingerprint density at radius 3 is 2.57 bits per heavy atom. The van der Waals surface area contributed by atoms with E-state index < -0.39 is 12.1 Å². The fourth-order valence-corrected chi connectivity index (χ4v) is 2.03. The molecule has 0 fully saturated rings. The molecule has 0 aliphatic rings. The number of halogens is 3. The van der Waals surface area contributed by atoms with Crippen molar-refractivity contribution in [2.75, 3.05) is 0 Å². The highest BCUT2D eigenvalue weighted by molar-refractivity contribution is 5.53. The van der Waals surface area contributed by atoms with E-state index >= 15 is 0 Å². The first-order valence-electron chi connectivity index (χ1n) is 6.38. The van der Waals surface area contributed by atoms with Crippen molar-refractivity contribution in [2.24, 2.45) is 0 Å². The Balaban J connectivity index is 2.14. The number of hydrogen-bond donors (Lipinski definition) is 0. The van der Waals surface area contributed by atoms with Gasteiger partial charge in [0.25, 0.3) is 5.56 Å². The van der Waals surface area contributed by atoms with Crippen molar-refractivity contribution in [1.29, 1.82) is 0 Å². The molecule has 3 aromatic rings. The summed E-state index contributed by atoms with van der Waals surface area (Å²) in [4.78, 5) is 11.8. The minimum atomic E-state index is -4.88. The third kappa shape index (κ3) is 3.23. The molecule has 0 bridgehead atoms. The summed E-state index contributed by atoms with van der Waals surface area (Å²) in [6, 6.07) is 8.40. The van der Waals surface area contributed by atoms with Gasteiger partial charge in [-0.05, 0) is 18.2 Å². The van der Waals surface area contributed by atoms with E-state index in [1.54, 1.807) is 6.07 Å². The smallest absolute Gasteiger partial charge is 0.403 e. The van der Waals surface area contributed by atoms with Crippen LogP contribution in [0.3, 0.4) is 0 Å². The molecule has 9 heteroatoms. The lowest BCUT2D eigenvalue weighted by Crippen LogP contribution is -2.20. The van der Waals surface area contributed by atoms with Crippen molar-refractivity contribution < 1.29 is 17.9 Å². The summed E-state index contributed by atoms with van der Waals surface area (Å²) in [5.74, 6) is -0.490. The predicted molar refractivity (Wildman–Crippen MR) is 73.6 cm³/mol. The lowest BCUT2D eigenvalue weighted by atomic mass is 10.2. The molecule has 0 aliphatic heterocycles. The molecule has 3 rings (SSSR count). The number of pyridine rings is 1. The zero-order chi connectivity index (χ0) is 16.4. The molecule has 0 saturated carbocycles. The molecule has 0 atom stereocenters. The van der Waals surface area contributed by atoms with E-state index in [2.05, 4.69) is 15.0 Å². The molecular formula is C14H9F3N4O2. The lowest BCUT2D eigenvalue weighted by Gasteiger charge is -2.15. The van der Waals surface area contributed by atoms with E-state index in [0.717, 1.165) is 10.7 Å². The largest absolute Gasteiger partial charge is 0.573 e. The zero-order valence-electron chi connectivity index (χ0n) is 11.4. The number of ether oxygens (including phenoxy) is 1. The minimum Gasteiger partial charge on any atom is -0.403 e. The van der Waals surface area contributed by atoms with Gasteiger partial charge in [0.2, 0.25) is 0 Å². The van der Waals surface area contributed by atoms with Gasteiger partial charge in [-0.15, -0.1) is 18.3 Å². The van der Waals surface area contributed by atoms with Gasteiger partial charge < -0.3 is 4.74 Å². The molecule has 0 saturated heterocycles. The Morgan fingerprint density at radius 1 is 1.09 bits per heavy atom. The summed E-state index contributed by atoms with van der Waals surface area (Å²) in [5.41, 5.74) is -0.0924. The average molecular weight is 322 g/mol. The van der Waals surface area contributed by atoms with Gasteiger partial charge in [0.05, 0.1) is 18.1 Å². The van der Waals surface area contributed by atoms with Gasteiger partial charge in [-0.1, -0.05) is 11.3 Å². The molecule has 0 N–H and O–H groups in total. The molecule has 23 heavy (non-hydrogen) atoms. The van der Waals surface area contributed by atoms with Gasteiger partial charge in [-0.3, -0.25) is 9.36 Å². The van der Waals surface area contributed by atoms with Crippen LogP contribution in [0.1, 0.15) is 0 Å². The normalized spacial score (nSPS) is 11.4. The van der Waals surface area contributed by atoms with Crippen molar-refractivity contribution in [3.05, 3.63) is 65.3 Å². The van der Waals surface area contributed by atoms with Crippen molar-refractivity contribution in [3.63, 3.8) is 0 Å². The van der Waals surface area contributed by atoms with E-state index in [4.69, 9.17) is 0 Å². The van der Waals surface area contributed by atoms with Gasteiger partial charge in [0.15, 0.2) is 5.75 Å². The fraction of sp³-hybridized carbons (Fsp3) is 0.0714. The maximum atomic E-state index is 12.6. The van der Waals surface area contributed by atoms with Crippen LogP contribution in [0.25, 0.3) is 11.4 Å². The van der Waals surface area contributed by atoms with Crippen LogP contribution in [0.4, 0.5) is 13.2 Å². The van der Waals surface area contributed by atoms with Crippen LogP contribution >= 0.6 is 0 Å². The summed E-state index contributed by atoms with van der Waals surface area (Å²) in [6.45, 7) is 0. The maximum Gasteiger partial charge on any atom is 0.573 e. The van der Waals surface area contributed by atoms with Crippen molar-refractivity contribution in [1.82, 2.24) is 19.6 Å². The number of hydrogen-bond acceptors (Lipinski definition) is 4. The number of nitrogens with zero attached hydrogens (tertiary/aromatic N) is 4. The minimum absolute atomic E-state index is 0.0487. The first-order valence-corrected chi connectivity index (χ1v) is 6.38. The summed E-state index contributed by atoms with van der Waals surface area (Å²) in [6.07, 6.45) is -0.723. The second-order valence-electron chi connectivity index (χ2n) is 4.46. The third-order valence-corrected chi connectivity index (χ3v) is 2.94. The second kappa shape index (κ2) is 5.59. The lowest BCUT2D eigenvalue weighted by molar-refractivity contribution is -0.274. The molecule has 0 aliphatic carbocycles. The SMILES string of the molecule is O=c1ccccn1-c1ccc(-n2ccnn2)c(OC(F)(F)F)c1. The Bertz CT molecular complexity index is 872. The average Bonchev–Trinajstić information content (AvgIpc) is 3.00. The maximum absolute atomic E-state index is 12.6. The number of alkyl halides is 3. The number of aromatic nitrogens is 4. The Morgan fingerprint density at radius 2 is 1.91 bits per heavy atom. The molecule has 6 nitrogen and oxygen atoms in total. The standard InChI is InChI=1S/C14H9F3N4O2/c15-14(16,17)23-12-9-10(20-7-2-1-3-13(20)22)4-5-11(12)21-8-6-18-19-21/h1-9H. The van der Waals surface area contributed by atoms with Crippen molar-refractivity contribution in [2.45, 2.75) is 6.36 Å². The molecule has 0 unspecified atom stereocenters. The monoisotopic (exact) mass is 322 g/mol. The molecule has 1 aromatic carbocycles. The van der Waals surface area contributed by atoms with Crippen molar-refractivity contribution >= 4 is 0 Å². The molecule has 2 aromatic heterocycles. The molecule has 0 spiro atoms. The van der Waals surface area contributed by atoms with E-state index in [1.165, 1.54) is 47.4 Å². The van der Waals surface area contributed by atoms with Crippen LogP contribution in [0.15, 0.2) is 59.8 Å². The molecule has 2 heterocycles. The van der Waals surface area contributed by atoms with Gasteiger partial charge >= 0.3 is 6.36 Å². The highest BCUT2D eigenvalue weighted by Crippen LogP contribution is 2.30. The highest BCUT2D eigenvalue weighted by atomic mass is 19.4. The van der Waals surface area contributed by atoms with Gasteiger partial charge in [0.1, 0.15) is 5.69 Å². The summed E-state index contributed by atoms with van der Waals surface area (Å²) in [7, 11) is 0. The topological polar surface area (TPSA) is 61.9 Å². The van der Waals surface area contributed by atoms with E-state index in [9.17, 15) is 18.0 Å². The molecular weight excluding hydrogens is 313 g/mol. The zero-order valence-corrected chi connectivity index (χ0v) is 11.4. The van der Waals surface area contributed by atoms with E-state index in [0.29, 0.717) is 0 Å². The highest BCUT2D eigenvalue weighted by Gasteiger charge is 2.32. The number of benzene rings is 1. The summed E-state index contributed by atoms with van der Waals surface area (Å²) >= 11 is 0. The van der Waals surface area contributed by atoms with Crippen LogP contribution in [0.2, 0.25) is 0 Å². The van der Waals surface area contributed by atoms with Crippen LogP contribution in [-0.4, -0.2) is 25.9 Å². The molecule has 0 amide bonds. The van der Waals surface area contributed by atoms with Gasteiger partial charge in [-0.2, -0.15) is 0 Å². The van der Waals surface area contributed by atoms with E-state index in [1.807, 2.05) is 0 Å². The van der Waals surface area contributed by atoms with Crippen molar-refractivity contribution in [3.8, 4) is 17.1 Å². The number of rotatable bonds is 3. The summed E-state index contributed by atoms with van der Waals surface area (Å²) in [5, 5.41) is 7.20. The van der Waals surface area contributed by atoms with Crippen LogP contribution in [0.5, 0.6) is 5.75 Å². The van der Waals surface area contributed by atoms with Crippen LogP contribution < -0.4 is 10.3 Å². The third-order valence-electron chi connectivity index (χ3n) is 2.94. The van der Waals surface area contributed by atoms with E-state index in [-0.39, 0.29) is 16.9 Å². The van der Waals surface area contributed by atoms with Gasteiger partial charge in [0, 0.05) is 18.3 Å². The quantitative estimate of drug-likeness (QED) is 0.742. The van der Waals surface area contributed by atoms with Gasteiger partial charge in [-0.25, -0.2) is 4.68 Å². The first kappa shape index (κ1) is 14.8. The van der Waals surface area contributed by atoms with Crippen LogP contribution in [0, 0.1) is 0 Å². The Kier molecular flexibility index (Phi) is 3.61. The summed E-state index contributed by atoms with van der Waals surface area (Å²) < 4.78 is 44.3. The van der Waals surface area contributed by atoms with Crippen LogP contribution in [-0.2, 0) is 0 Å². The Labute approximate surface area is 127 Å². The predicted octanol–water partition coefficient (Wildman–Crippen LogP) is 2.32.